The van der Waals surface area contributed by atoms with Crippen molar-refractivity contribution in [2.45, 2.75) is 103 Å². The highest BCUT2D eigenvalue weighted by Gasteiger charge is 2.46. The number of aromatic nitrogens is 2. The standard InChI is InChI=1S/C49H49FN4O9/c1-6-49(60)35-20-39-44-32(22-54(39)45(57)34(35)25-61-46(49)58)43-37(18-17-27-26(2)36(50)21-38(52-44)42(27)43)51-40(55)23-53(19-11-16-41(56)63-48(3,4)5)47(59)62-24-33-30-14-9-7-12-28(30)29-13-8-10-15-31(29)33/h7-10,12-15,20-21,33,37,60H,6,11,16-19,22-25H2,1-5H3,(H,51,55)/t37-,49-/m0/s1. The second kappa shape index (κ2) is 15.7. The van der Waals surface area contributed by atoms with Crippen LogP contribution in [0.5, 0.6) is 0 Å². The minimum Gasteiger partial charge on any atom is -0.460 e. The number of halogens is 1. The predicted octanol–water partition coefficient (Wildman–Crippen LogP) is 7.00. The Bertz CT molecular complexity index is 2780. The predicted molar refractivity (Wildman–Crippen MR) is 230 cm³/mol. The molecule has 2 aliphatic heterocycles. The van der Waals surface area contributed by atoms with E-state index in [9.17, 15) is 29.1 Å². The number of pyridine rings is 2. The average molecular weight is 857 g/mol. The highest BCUT2D eigenvalue weighted by molar-refractivity contribution is 5.94. The minimum atomic E-state index is -2.03. The Kier molecular flexibility index (Phi) is 10.5. The quantitative estimate of drug-likeness (QED) is 0.108. The maximum atomic E-state index is 15.5. The smallest absolute Gasteiger partial charge is 0.410 e. The van der Waals surface area contributed by atoms with E-state index in [2.05, 4.69) is 5.32 Å². The summed E-state index contributed by atoms with van der Waals surface area (Å²) in [5.41, 5.74) is 5.02. The van der Waals surface area contributed by atoms with Crippen molar-refractivity contribution >= 4 is 34.8 Å². The number of nitrogens with zero attached hydrogens (tertiary/aromatic N) is 3. The molecule has 13 nitrogen and oxygen atoms in total. The summed E-state index contributed by atoms with van der Waals surface area (Å²) in [5.74, 6) is -2.41. The molecule has 4 aliphatic rings. The molecular weight excluding hydrogens is 808 g/mol. The van der Waals surface area contributed by atoms with E-state index in [0.29, 0.717) is 51.8 Å². The Labute approximate surface area is 363 Å². The number of fused-ring (bicyclic) bond motifs is 8. The van der Waals surface area contributed by atoms with Crippen LogP contribution in [-0.2, 0) is 53.8 Å². The Balaban J connectivity index is 1.02. The van der Waals surface area contributed by atoms with Gasteiger partial charge in [0.1, 0.15) is 31.2 Å². The zero-order chi connectivity index (χ0) is 44.5. The zero-order valence-electron chi connectivity index (χ0n) is 35.9. The van der Waals surface area contributed by atoms with Gasteiger partial charge in [-0.3, -0.25) is 19.3 Å². The third-order valence-corrected chi connectivity index (χ3v) is 12.9. The first-order chi connectivity index (χ1) is 30.1. The lowest BCUT2D eigenvalue weighted by molar-refractivity contribution is -0.172. The summed E-state index contributed by atoms with van der Waals surface area (Å²) in [6.07, 6.45) is 0.305. The van der Waals surface area contributed by atoms with Crippen molar-refractivity contribution in [2.75, 3.05) is 19.7 Å². The lowest BCUT2D eigenvalue weighted by Gasteiger charge is -2.31. The lowest BCUT2D eigenvalue weighted by Crippen LogP contribution is -2.44. The fourth-order valence-corrected chi connectivity index (χ4v) is 9.84. The Hall–Kier alpha value is -6.41. The summed E-state index contributed by atoms with van der Waals surface area (Å²) in [7, 11) is 0. The molecule has 0 fully saturated rings. The number of carbonyl (C=O) groups is 4. The van der Waals surface area contributed by atoms with Gasteiger partial charge in [-0.25, -0.2) is 19.0 Å². The average Bonchev–Trinajstić information content (AvgIpc) is 3.78. The highest BCUT2D eigenvalue weighted by atomic mass is 19.1. The molecule has 0 bridgehead atoms. The van der Waals surface area contributed by atoms with Crippen LogP contribution in [0.15, 0.2) is 65.5 Å². The van der Waals surface area contributed by atoms with Crippen molar-refractivity contribution in [2.24, 2.45) is 0 Å². The summed E-state index contributed by atoms with van der Waals surface area (Å²) < 4.78 is 33.8. The number of ether oxygens (including phenoxy) is 3. The summed E-state index contributed by atoms with van der Waals surface area (Å²) in [5, 5.41) is 15.3. The Morgan fingerprint density at radius 1 is 1.03 bits per heavy atom. The number of carbonyl (C=O) groups excluding carboxylic acids is 4. The lowest BCUT2D eigenvalue weighted by atomic mass is 9.81. The third-order valence-electron chi connectivity index (χ3n) is 12.9. The van der Waals surface area contributed by atoms with Crippen LogP contribution in [0, 0.1) is 12.7 Å². The monoisotopic (exact) mass is 856 g/mol. The van der Waals surface area contributed by atoms with E-state index < -0.39 is 52.6 Å². The van der Waals surface area contributed by atoms with Gasteiger partial charge in [0, 0.05) is 41.5 Å². The summed E-state index contributed by atoms with van der Waals surface area (Å²) in [6, 6.07) is 18.3. The van der Waals surface area contributed by atoms with Gasteiger partial charge < -0.3 is 29.2 Å². The molecule has 2 atom stereocenters. The summed E-state index contributed by atoms with van der Waals surface area (Å²) in [4.78, 5) is 74.1. The Morgan fingerprint density at radius 3 is 2.41 bits per heavy atom. The van der Waals surface area contributed by atoms with Crippen molar-refractivity contribution in [1.82, 2.24) is 19.8 Å². The van der Waals surface area contributed by atoms with Gasteiger partial charge in [0.15, 0.2) is 5.60 Å². The van der Waals surface area contributed by atoms with Crippen LogP contribution < -0.4 is 10.9 Å². The molecular formula is C49H49FN4O9. The number of benzene rings is 3. The van der Waals surface area contributed by atoms with Gasteiger partial charge in [-0.2, -0.15) is 0 Å². The second-order valence-corrected chi connectivity index (χ2v) is 17.9. The molecule has 4 heterocycles. The number of aryl methyl sites for hydroxylation is 1. The fraction of sp³-hybridized carbons (Fsp3) is 0.388. The number of cyclic esters (lactones) is 1. The highest BCUT2D eigenvalue weighted by Crippen LogP contribution is 2.47. The van der Waals surface area contributed by atoms with Crippen LogP contribution in [0.4, 0.5) is 9.18 Å². The topological polar surface area (TPSA) is 166 Å². The maximum absolute atomic E-state index is 15.5. The number of aliphatic hydroxyl groups is 1. The van der Waals surface area contributed by atoms with Crippen molar-refractivity contribution in [1.29, 1.82) is 0 Å². The minimum absolute atomic E-state index is 0.0157. The molecule has 63 heavy (non-hydrogen) atoms. The second-order valence-electron chi connectivity index (χ2n) is 17.9. The van der Waals surface area contributed by atoms with Crippen LogP contribution in [0.1, 0.15) is 110 Å². The van der Waals surface area contributed by atoms with E-state index in [1.807, 2.05) is 48.5 Å². The van der Waals surface area contributed by atoms with E-state index in [0.717, 1.165) is 27.8 Å². The molecule has 14 heteroatoms. The molecule has 5 aromatic rings. The molecule has 3 aromatic carbocycles. The molecule has 2 amide bonds. The first-order valence-electron chi connectivity index (χ1n) is 21.5. The van der Waals surface area contributed by atoms with Crippen LogP contribution >= 0.6 is 0 Å². The van der Waals surface area contributed by atoms with E-state index in [4.69, 9.17) is 19.2 Å². The van der Waals surface area contributed by atoms with Gasteiger partial charge in [-0.1, -0.05) is 55.5 Å². The molecule has 0 unspecified atom stereocenters. The normalized spacial score (nSPS) is 18.1. The molecule has 0 radical (unpaired) electrons. The fourth-order valence-electron chi connectivity index (χ4n) is 9.84. The number of rotatable bonds is 10. The van der Waals surface area contributed by atoms with E-state index in [1.54, 1.807) is 40.7 Å². The van der Waals surface area contributed by atoms with Crippen LogP contribution in [0.25, 0.3) is 33.4 Å². The Morgan fingerprint density at radius 2 is 1.73 bits per heavy atom. The summed E-state index contributed by atoms with van der Waals surface area (Å²) in [6.45, 7) is 8.13. The molecule has 0 saturated carbocycles. The summed E-state index contributed by atoms with van der Waals surface area (Å²) >= 11 is 0. The molecule has 0 saturated heterocycles. The number of nitrogens with one attached hydrogen (secondary N) is 1. The van der Waals surface area contributed by atoms with Crippen LogP contribution in [-0.4, -0.2) is 68.8 Å². The van der Waals surface area contributed by atoms with Gasteiger partial charge in [0.05, 0.1) is 35.1 Å². The van der Waals surface area contributed by atoms with Crippen molar-refractivity contribution in [3.8, 4) is 22.5 Å². The van der Waals surface area contributed by atoms with E-state index in [1.165, 1.54) is 15.5 Å². The van der Waals surface area contributed by atoms with Crippen molar-refractivity contribution in [3.05, 3.63) is 121 Å². The zero-order valence-corrected chi connectivity index (χ0v) is 35.9. The molecule has 326 valence electrons. The van der Waals surface area contributed by atoms with Crippen LogP contribution in [0.2, 0.25) is 0 Å². The van der Waals surface area contributed by atoms with Gasteiger partial charge in [-0.15, -0.1) is 0 Å². The molecule has 2 N–H and O–H groups in total. The number of hydrogen-bond acceptors (Lipinski definition) is 10. The van der Waals surface area contributed by atoms with Gasteiger partial charge in [-0.05, 0) is 98.4 Å². The molecule has 2 aromatic heterocycles. The van der Waals surface area contributed by atoms with Gasteiger partial charge in [0.25, 0.3) is 5.56 Å². The van der Waals surface area contributed by atoms with Gasteiger partial charge >= 0.3 is 18.0 Å². The number of amides is 2. The first-order valence-corrected chi connectivity index (χ1v) is 21.5. The maximum Gasteiger partial charge on any atom is 0.410 e. The SMILES string of the molecule is CC[C@@]1(O)C(=O)OCc2c1cc1n(c2=O)Cc2c-1nc1cc(F)c(C)c3c1c2[C@@H](NC(=O)CN(CCCC(=O)OC(C)(C)C)C(=O)OCC1c2ccccc2-c2ccccc21)CC3. The van der Waals surface area contributed by atoms with E-state index in [-0.39, 0.29) is 69.2 Å². The molecule has 9 rings (SSSR count). The number of esters is 2. The van der Waals surface area contributed by atoms with E-state index >= 15 is 4.39 Å². The van der Waals surface area contributed by atoms with Gasteiger partial charge in [0.2, 0.25) is 5.91 Å². The largest absolute Gasteiger partial charge is 0.460 e. The molecule has 2 aliphatic carbocycles. The number of hydrogen-bond donors (Lipinski definition) is 2. The first kappa shape index (κ1) is 41.9. The van der Waals surface area contributed by atoms with Crippen molar-refractivity contribution < 1.29 is 42.9 Å². The van der Waals surface area contributed by atoms with Crippen molar-refractivity contribution in [3.63, 3.8) is 0 Å². The molecule has 0 spiro atoms. The third kappa shape index (κ3) is 7.23. The van der Waals surface area contributed by atoms with Crippen LogP contribution in [0.3, 0.4) is 0 Å².